The molecule has 1 unspecified atom stereocenters. The van der Waals surface area contributed by atoms with Gasteiger partial charge in [0, 0.05) is 24.0 Å². The lowest BCUT2D eigenvalue weighted by Crippen LogP contribution is -2.12. The van der Waals surface area contributed by atoms with Crippen LogP contribution < -0.4 is 10.2 Å². The Hall–Kier alpha value is -2.40. The van der Waals surface area contributed by atoms with Gasteiger partial charge in [-0.05, 0) is 36.8 Å². The summed E-state index contributed by atoms with van der Waals surface area (Å²) in [4.78, 5) is 13.1. The van der Waals surface area contributed by atoms with Gasteiger partial charge in [0.2, 0.25) is 0 Å². The van der Waals surface area contributed by atoms with Crippen LogP contribution in [0, 0.1) is 12.7 Å². The zero-order valence-corrected chi connectivity index (χ0v) is 11.7. The Morgan fingerprint density at radius 1 is 1.29 bits per heavy atom. The predicted octanol–water partition coefficient (Wildman–Crippen LogP) is 2.89. The molecule has 5 heteroatoms. The van der Waals surface area contributed by atoms with E-state index in [0.29, 0.717) is 11.4 Å². The molecule has 3 rings (SSSR count). The standard InChI is InChI=1S/C16H15FN2O2/c1-9-4-3-5-10(6-9)19(2)14-8-13-11(7-12(14)17)15(20)16(21)18-13/h3-8,15,20H,1-2H3,(H,18,21). The molecule has 0 radical (unpaired) electrons. The molecule has 0 fully saturated rings. The summed E-state index contributed by atoms with van der Waals surface area (Å²) in [7, 11) is 1.76. The lowest BCUT2D eigenvalue weighted by atomic mass is 10.1. The van der Waals surface area contributed by atoms with E-state index in [2.05, 4.69) is 5.32 Å². The molecule has 0 saturated carbocycles. The lowest BCUT2D eigenvalue weighted by molar-refractivity contribution is -0.123. The molecule has 1 amide bonds. The topological polar surface area (TPSA) is 52.6 Å². The SMILES string of the molecule is Cc1cccc(N(C)c2cc3c(cc2F)C(O)C(=O)N3)c1. The Balaban J connectivity index is 2.04. The number of aliphatic hydroxyl groups is 1. The molecule has 0 aromatic heterocycles. The maximum absolute atomic E-state index is 14.3. The van der Waals surface area contributed by atoms with E-state index in [1.807, 2.05) is 31.2 Å². The molecular weight excluding hydrogens is 271 g/mol. The molecule has 108 valence electrons. The second-order valence-electron chi connectivity index (χ2n) is 5.18. The predicted molar refractivity (Wildman–Crippen MR) is 79.2 cm³/mol. The number of anilines is 3. The number of hydrogen-bond acceptors (Lipinski definition) is 3. The van der Waals surface area contributed by atoms with Crippen molar-refractivity contribution in [2.24, 2.45) is 0 Å². The quantitative estimate of drug-likeness (QED) is 0.892. The molecule has 1 aliphatic heterocycles. The molecule has 1 atom stereocenters. The average molecular weight is 286 g/mol. The van der Waals surface area contributed by atoms with E-state index in [-0.39, 0.29) is 5.56 Å². The molecule has 0 bridgehead atoms. The van der Waals surface area contributed by atoms with Crippen LogP contribution in [0.2, 0.25) is 0 Å². The smallest absolute Gasteiger partial charge is 0.257 e. The van der Waals surface area contributed by atoms with Gasteiger partial charge >= 0.3 is 0 Å². The van der Waals surface area contributed by atoms with Gasteiger partial charge in [0.15, 0.2) is 6.10 Å². The minimum atomic E-state index is -1.30. The summed E-state index contributed by atoms with van der Waals surface area (Å²) in [5.74, 6) is -1.01. The zero-order chi connectivity index (χ0) is 15.1. The zero-order valence-electron chi connectivity index (χ0n) is 11.7. The summed E-state index contributed by atoms with van der Waals surface area (Å²) in [6.45, 7) is 1.97. The van der Waals surface area contributed by atoms with Crippen molar-refractivity contribution >= 4 is 23.0 Å². The van der Waals surface area contributed by atoms with Crippen LogP contribution in [0.5, 0.6) is 0 Å². The number of benzene rings is 2. The number of aryl methyl sites for hydroxylation is 1. The number of nitrogens with zero attached hydrogens (tertiary/aromatic N) is 1. The fraction of sp³-hybridized carbons (Fsp3) is 0.188. The maximum Gasteiger partial charge on any atom is 0.257 e. The second kappa shape index (κ2) is 4.86. The molecule has 0 spiro atoms. The van der Waals surface area contributed by atoms with Crippen molar-refractivity contribution in [3.05, 3.63) is 53.3 Å². The van der Waals surface area contributed by atoms with Crippen molar-refractivity contribution in [2.45, 2.75) is 13.0 Å². The molecule has 2 N–H and O–H groups in total. The molecular formula is C16H15FN2O2. The van der Waals surface area contributed by atoms with E-state index >= 15 is 0 Å². The Labute approximate surface area is 121 Å². The molecule has 4 nitrogen and oxygen atoms in total. The van der Waals surface area contributed by atoms with Gasteiger partial charge < -0.3 is 15.3 Å². The van der Waals surface area contributed by atoms with Crippen molar-refractivity contribution in [2.75, 3.05) is 17.3 Å². The highest BCUT2D eigenvalue weighted by Crippen LogP contribution is 2.37. The van der Waals surface area contributed by atoms with Crippen molar-refractivity contribution in [3.63, 3.8) is 0 Å². The third kappa shape index (κ3) is 2.25. The molecule has 2 aromatic carbocycles. The summed E-state index contributed by atoms with van der Waals surface area (Å²) in [5, 5.41) is 12.2. The molecule has 21 heavy (non-hydrogen) atoms. The Kier molecular flexibility index (Phi) is 3.14. The molecule has 2 aromatic rings. The first kappa shape index (κ1) is 13.6. The molecule has 0 saturated heterocycles. The minimum absolute atomic E-state index is 0.277. The van der Waals surface area contributed by atoms with Crippen LogP contribution in [0.3, 0.4) is 0 Å². The molecule has 0 aliphatic carbocycles. The highest BCUT2D eigenvalue weighted by molar-refractivity contribution is 6.02. The van der Waals surface area contributed by atoms with Crippen molar-refractivity contribution < 1.29 is 14.3 Å². The van der Waals surface area contributed by atoms with Gasteiger partial charge in [-0.25, -0.2) is 4.39 Å². The van der Waals surface area contributed by atoms with Crippen LogP contribution >= 0.6 is 0 Å². The summed E-state index contributed by atoms with van der Waals surface area (Å²) in [5.41, 5.74) is 2.99. The minimum Gasteiger partial charge on any atom is -0.378 e. The first-order valence-corrected chi connectivity index (χ1v) is 6.60. The van der Waals surface area contributed by atoms with Gasteiger partial charge in [0.1, 0.15) is 5.82 Å². The van der Waals surface area contributed by atoms with Crippen LogP contribution in [-0.4, -0.2) is 18.1 Å². The van der Waals surface area contributed by atoms with E-state index in [4.69, 9.17) is 0 Å². The van der Waals surface area contributed by atoms with Crippen molar-refractivity contribution in [3.8, 4) is 0 Å². The Morgan fingerprint density at radius 3 is 2.76 bits per heavy atom. The van der Waals surface area contributed by atoms with E-state index < -0.39 is 17.8 Å². The summed E-state index contributed by atoms with van der Waals surface area (Å²) in [6.07, 6.45) is -1.30. The summed E-state index contributed by atoms with van der Waals surface area (Å²) < 4.78 is 14.3. The normalized spacial score (nSPS) is 16.6. The fourth-order valence-electron chi connectivity index (χ4n) is 2.49. The number of aliphatic hydroxyl groups excluding tert-OH is 1. The highest BCUT2D eigenvalue weighted by Gasteiger charge is 2.30. The van der Waals surface area contributed by atoms with Gasteiger partial charge in [0.05, 0.1) is 5.69 Å². The molecule has 1 heterocycles. The van der Waals surface area contributed by atoms with Crippen LogP contribution in [0.25, 0.3) is 0 Å². The third-order valence-electron chi connectivity index (χ3n) is 3.67. The summed E-state index contributed by atoms with van der Waals surface area (Å²) >= 11 is 0. The number of hydrogen-bond donors (Lipinski definition) is 2. The number of carbonyl (C=O) groups is 1. The van der Waals surface area contributed by atoms with Gasteiger partial charge in [-0.1, -0.05) is 12.1 Å². The van der Waals surface area contributed by atoms with E-state index in [0.717, 1.165) is 11.3 Å². The highest BCUT2D eigenvalue weighted by atomic mass is 19.1. The van der Waals surface area contributed by atoms with E-state index in [9.17, 15) is 14.3 Å². The average Bonchev–Trinajstić information content (AvgIpc) is 2.73. The van der Waals surface area contributed by atoms with Gasteiger partial charge in [-0.15, -0.1) is 0 Å². The van der Waals surface area contributed by atoms with Crippen LogP contribution in [0.15, 0.2) is 36.4 Å². The third-order valence-corrected chi connectivity index (χ3v) is 3.67. The van der Waals surface area contributed by atoms with E-state index in [1.165, 1.54) is 6.07 Å². The van der Waals surface area contributed by atoms with Gasteiger partial charge in [-0.2, -0.15) is 0 Å². The van der Waals surface area contributed by atoms with Gasteiger partial charge in [-0.3, -0.25) is 4.79 Å². The molecule has 1 aliphatic rings. The largest absolute Gasteiger partial charge is 0.378 e. The first-order chi connectivity index (χ1) is 9.97. The number of amides is 1. The number of fused-ring (bicyclic) bond motifs is 1. The fourth-order valence-corrected chi connectivity index (χ4v) is 2.49. The van der Waals surface area contributed by atoms with Gasteiger partial charge in [0.25, 0.3) is 5.91 Å². The van der Waals surface area contributed by atoms with Crippen LogP contribution in [0.4, 0.5) is 21.5 Å². The number of rotatable bonds is 2. The second-order valence-corrected chi connectivity index (χ2v) is 5.18. The van der Waals surface area contributed by atoms with Crippen LogP contribution in [-0.2, 0) is 4.79 Å². The lowest BCUT2D eigenvalue weighted by Gasteiger charge is -2.21. The van der Waals surface area contributed by atoms with Crippen molar-refractivity contribution in [1.82, 2.24) is 0 Å². The number of halogens is 1. The Morgan fingerprint density at radius 2 is 2.05 bits per heavy atom. The first-order valence-electron chi connectivity index (χ1n) is 6.60. The summed E-state index contributed by atoms with van der Waals surface area (Å²) in [6, 6.07) is 10.4. The maximum atomic E-state index is 14.3. The van der Waals surface area contributed by atoms with E-state index in [1.54, 1.807) is 18.0 Å². The number of carbonyl (C=O) groups excluding carboxylic acids is 1. The van der Waals surface area contributed by atoms with Crippen LogP contribution in [0.1, 0.15) is 17.2 Å². The Bertz CT molecular complexity index is 730. The number of nitrogens with one attached hydrogen (secondary N) is 1. The van der Waals surface area contributed by atoms with Crippen molar-refractivity contribution in [1.29, 1.82) is 0 Å². The monoisotopic (exact) mass is 286 g/mol.